The van der Waals surface area contributed by atoms with Crippen LogP contribution in [0.2, 0.25) is 0 Å². The van der Waals surface area contributed by atoms with Crippen LogP contribution in [0.25, 0.3) is 11.1 Å². The van der Waals surface area contributed by atoms with Crippen molar-refractivity contribution in [3.8, 4) is 23.3 Å². The lowest BCUT2D eigenvalue weighted by molar-refractivity contribution is 0.0289. The van der Waals surface area contributed by atoms with E-state index >= 15 is 4.39 Å². The Balaban J connectivity index is 1.58. The van der Waals surface area contributed by atoms with Crippen LogP contribution in [0.5, 0.6) is 0 Å². The molecule has 0 atom stereocenters. The van der Waals surface area contributed by atoms with E-state index in [4.69, 9.17) is 0 Å². The molecule has 3 saturated carbocycles. The lowest BCUT2D eigenvalue weighted by Crippen LogP contribution is -2.44. The van der Waals surface area contributed by atoms with Crippen LogP contribution >= 0.6 is 0 Å². The van der Waals surface area contributed by atoms with Gasteiger partial charge in [0.2, 0.25) is 0 Å². The Hall–Kier alpha value is -2.65. The number of fused-ring (bicyclic) bond motifs is 3. The van der Waals surface area contributed by atoms with E-state index in [2.05, 4.69) is 26.0 Å². The van der Waals surface area contributed by atoms with Gasteiger partial charge in [0.1, 0.15) is 18.0 Å². The lowest BCUT2D eigenvalue weighted by Gasteiger charge is -2.54. The van der Waals surface area contributed by atoms with Crippen molar-refractivity contribution in [3.63, 3.8) is 0 Å². The maximum Gasteiger partial charge on any atom is 0.127 e. The lowest BCUT2D eigenvalue weighted by atomic mass is 9.51. The second-order valence-electron chi connectivity index (χ2n) is 11.1. The minimum Gasteiger partial charge on any atom is -0.207 e. The van der Waals surface area contributed by atoms with E-state index < -0.39 is 0 Å². The number of halogens is 1. The third-order valence-corrected chi connectivity index (χ3v) is 9.13. The van der Waals surface area contributed by atoms with Crippen LogP contribution in [0.3, 0.4) is 0 Å². The SMILES string of the molecule is CCCCCc1ccc(-c2ccc(C34CCC(CCCCC)(CC3)CC4)c(F)c2)c(C#N)c1C#N. The first kappa shape index (κ1) is 25.4. The summed E-state index contributed by atoms with van der Waals surface area (Å²) in [5.74, 6) is -0.155. The van der Waals surface area contributed by atoms with E-state index in [1.807, 2.05) is 24.3 Å². The second kappa shape index (κ2) is 11.0. The topological polar surface area (TPSA) is 47.6 Å². The molecular formula is C32H39FN2. The summed E-state index contributed by atoms with van der Waals surface area (Å²) in [6.07, 6.45) is 16.2. The summed E-state index contributed by atoms with van der Waals surface area (Å²) in [5, 5.41) is 19.7. The number of hydrogen-bond donors (Lipinski definition) is 0. The summed E-state index contributed by atoms with van der Waals surface area (Å²) in [7, 11) is 0. The van der Waals surface area contributed by atoms with E-state index in [0.717, 1.165) is 56.1 Å². The maximum atomic E-state index is 15.7. The van der Waals surface area contributed by atoms with Gasteiger partial charge in [0.25, 0.3) is 0 Å². The maximum absolute atomic E-state index is 15.7. The van der Waals surface area contributed by atoms with Crippen molar-refractivity contribution in [2.24, 2.45) is 5.41 Å². The number of nitrogens with zero attached hydrogens (tertiary/aromatic N) is 2. The third kappa shape index (κ3) is 5.02. The van der Waals surface area contributed by atoms with Crippen LogP contribution in [0, 0.1) is 33.9 Å². The largest absolute Gasteiger partial charge is 0.207 e. The van der Waals surface area contributed by atoms with Crippen LogP contribution in [0.4, 0.5) is 4.39 Å². The van der Waals surface area contributed by atoms with Crippen LogP contribution in [0.1, 0.15) is 120 Å². The summed E-state index contributed by atoms with van der Waals surface area (Å²) >= 11 is 0. The van der Waals surface area contributed by atoms with Crippen molar-refractivity contribution < 1.29 is 4.39 Å². The van der Waals surface area contributed by atoms with Crippen LogP contribution < -0.4 is 0 Å². The molecule has 0 saturated heterocycles. The zero-order chi connectivity index (χ0) is 24.9. The molecule has 0 unspecified atom stereocenters. The smallest absolute Gasteiger partial charge is 0.127 e. The molecule has 0 aliphatic heterocycles. The Morgan fingerprint density at radius 2 is 1.46 bits per heavy atom. The molecule has 0 N–H and O–H groups in total. The first-order valence-corrected chi connectivity index (χ1v) is 13.8. The Kier molecular flexibility index (Phi) is 7.96. The molecule has 2 nitrogen and oxygen atoms in total. The molecule has 0 amide bonds. The van der Waals surface area contributed by atoms with E-state index in [0.29, 0.717) is 27.7 Å². The first-order chi connectivity index (χ1) is 17.0. The molecule has 0 heterocycles. The van der Waals surface area contributed by atoms with Crippen molar-refractivity contribution in [3.05, 3.63) is 58.4 Å². The van der Waals surface area contributed by atoms with Gasteiger partial charge in [0, 0.05) is 5.56 Å². The molecule has 0 aromatic heterocycles. The van der Waals surface area contributed by atoms with Crippen LogP contribution in [-0.4, -0.2) is 0 Å². The molecule has 2 aromatic carbocycles. The summed E-state index contributed by atoms with van der Waals surface area (Å²) < 4.78 is 15.7. The second-order valence-corrected chi connectivity index (χ2v) is 11.1. The monoisotopic (exact) mass is 470 g/mol. The third-order valence-electron chi connectivity index (χ3n) is 9.13. The molecule has 3 heteroatoms. The number of rotatable bonds is 10. The number of aryl methyl sites for hydroxylation is 1. The van der Waals surface area contributed by atoms with E-state index in [1.54, 1.807) is 6.07 Å². The molecule has 3 fully saturated rings. The van der Waals surface area contributed by atoms with Crippen molar-refractivity contribution >= 4 is 0 Å². The van der Waals surface area contributed by atoms with Gasteiger partial charge in [-0.05, 0) is 91.4 Å². The quantitative estimate of drug-likeness (QED) is 0.325. The van der Waals surface area contributed by atoms with Crippen LogP contribution in [-0.2, 0) is 11.8 Å². The molecule has 5 rings (SSSR count). The fourth-order valence-corrected chi connectivity index (χ4v) is 6.81. The number of unbranched alkanes of at least 4 members (excludes halogenated alkanes) is 4. The molecule has 2 aromatic rings. The minimum absolute atomic E-state index is 0.0336. The number of benzene rings is 2. The van der Waals surface area contributed by atoms with E-state index in [1.165, 1.54) is 44.9 Å². The molecule has 0 spiro atoms. The predicted octanol–water partition coefficient (Wildman–Crippen LogP) is 9.14. The van der Waals surface area contributed by atoms with E-state index in [9.17, 15) is 10.5 Å². The molecule has 2 bridgehead atoms. The van der Waals surface area contributed by atoms with Gasteiger partial charge < -0.3 is 0 Å². The molecule has 184 valence electrons. The van der Waals surface area contributed by atoms with Gasteiger partial charge in [0.05, 0.1) is 11.1 Å². The van der Waals surface area contributed by atoms with Crippen molar-refractivity contribution in [1.29, 1.82) is 10.5 Å². The van der Waals surface area contributed by atoms with E-state index in [-0.39, 0.29) is 11.2 Å². The highest BCUT2D eigenvalue weighted by atomic mass is 19.1. The zero-order valence-corrected chi connectivity index (χ0v) is 21.6. The highest BCUT2D eigenvalue weighted by Crippen LogP contribution is 2.60. The summed E-state index contributed by atoms with van der Waals surface area (Å²) in [5.41, 5.74) is 4.42. The molecule has 0 radical (unpaired) electrons. The Morgan fingerprint density at radius 1 is 0.800 bits per heavy atom. The van der Waals surface area contributed by atoms with Gasteiger partial charge in [-0.15, -0.1) is 0 Å². The van der Waals surface area contributed by atoms with Gasteiger partial charge in [-0.25, -0.2) is 4.39 Å². The Labute approximate surface area is 211 Å². The fraction of sp³-hybridized carbons (Fsp3) is 0.562. The van der Waals surface area contributed by atoms with Gasteiger partial charge >= 0.3 is 0 Å². The van der Waals surface area contributed by atoms with Gasteiger partial charge in [0.15, 0.2) is 0 Å². The summed E-state index contributed by atoms with van der Waals surface area (Å²) in [6, 6.07) is 13.9. The van der Waals surface area contributed by atoms with Crippen molar-refractivity contribution in [1.82, 2.24) is 0 Å². The summed E-state index contributed by atoms with van der Waals surface area (Å²) in [4.78, 5) is 0. The molecule has 35 heavy (non-hydrogen) atoms. The van der Waals surface area contributed by atoms with Crippen LogP contribution in [0.15, 0.2) is 30.3 Å². The number of hydrogen-bond acceptors (Lipinski definition) is 2. The number of nitriles is 2. The zero-order valence-electron chi connectivity index (χ0n) is 21.6. The summed E-state index contributed by atoms with van der Waals surface area (Å²) in [6.45, 7) is 4.41. The predicted molar refractivity (Wildman–Crippen MR) is 140 cm³/mol. The fourth-order valence-electron chi connectivity index (χ4n) is 6.81. The standard InChI is InChI=1S/C32H39FN2/c1-3-5-7-9-24-10-12-26(28(23-35)27(24)22-34)25-11-13-29(30(33)21-25)32-18-15-31(16-19-32,17-20-32)14-8-6-4-2/h10-13,21H,3-9,14-20H2,1-2H3. The van der Waals surface area contributed by atoms with Gasteiger partial charge in [-0.1, -0.05) is 70.2 Å². The van der Waals surface area contributed by atoms with Crippen molar-refractivity contribution in [2.75, 3.05) is 0 Å². The molecule has 3 aliphatic rings. The Bertz CT molecular complexity index is 1110. The van der Waals surface area contributed by atoms with Crippen molar-refractivity contribution in [2.45, 2.75) is 109 Å². The highest BCUT2D eigenvalue weighted by molar-refractivity contribution is 5.75. The van der Waals surface area contributed by atoms with Gasteiger partial charge in [-0.3, -0.25) is 0 Å². The average Bonchev–Trinajstić information content (AvgIpc) is 2.89. The average molecular weight is 471 g/mol. The highest BCUT2D eigenvalue weighted by Gasteiger charge is 2.49. The first-order valence-electron chi connectivity index (χ1n) is 13.8. The molecule has 3 aliphatic carbocycles. The van der Waals surface area contributed by atoms with Gasteiger partial charge in [-0.2, -0.15) is 10.5 Å². The minimum atomic E-state index is -0.155. The normalized spacial score (nSPS) is 23.1. The Morgan fingerprint density at radius 3 is 2.06 bits per heavy atom. The molecular weight excluding hydrogens is 431 g/mol.